The quantitative estimate of drug-likeness (QED) is 0.680. The standard InChI is InChI=1S/C19H19N2O2S/c1-22-16-7-3-14(4-8-16)18-13-21(19-20(18)11-12-24-19)15-5-9-17(23-2)10-6-15/h3-10,13H,11-12H2,1-2H3/q+1. The molecule has 2 aromatic carbocycles. The third-order valence-electron chi connectivity index (χ3n) is 4.26. The molecule has 1 aliphatic heterocycles. The monoisotopic (exact) mass is 339 g/mol. The molecular formula is C19H19N2O2S+. The molecular weight excluding hydrogens is 320 g/mol. The lowest BCUT2D eigenvalue weighted by atomic mass is 10.1. The van der Waals surface area contributed by atoms with Gasteiger partial charge in [0, 0.05) is 11.3 Å². The molecule has 4 nitrogen and oxygen atoms in total. The van der Waals surface area contributed by atoms with Crippen molar-refractivity contribution in [1.29, 1.82) is 0 Å². The number of fused-ring (bicyclic) bond motifs is 1. The molecule has 122 valence electrons. The van der Waals surface area contributed by atoms with Crippen molar-refractivity contribution in [1.82, 2.24) is 4.57 Å². The fourth-order valence-corrected chi connectivity index (χ4v) is 4.09. The first-order valence-corrected chi connectivity index (χ1v) is 8.85. The lowest BCUT2D eigenvalue weighted by Gasteiger charge is -2.01. The molecule has 0 saturated heterocycles. The molecule has 0 bridgehead atoms. The SMILES string of the molecule is COc1ccc(-c2cn(-c3ccc(OC)cc3)c3[n+]2CCS3)cc1. The lowest BCUT2D eigenvalue weighted by Crippen LogP contribution is -2.33. The third-order valence-corrected chi connectivity index (χ3v) is 5.32. The van der Waals surface area contributed by atoms with Crippen LogP contribution in [0.5, 0.6) is 11.5 Å². The molecule has 0 saturated carbocycles. The van der Waals surface area contributed by atoms with Crippen LogP contribution in [-0.2, 0) is 6.54 Å². The number of nitrogens with zero attached hydrogens (tertiary/aromatic N) is 2. The van der Waals surface area contributed by atoms with Gasteiger partial charge in [-0.05, 0) is 60.3 Å². The minimum Gasteiger partial charge on any atom is -0.497 e. The Balaban J connectivity index is 1.79. The van der Waals surface area contributed by atoms with Crippen LogP contribution < -0.4 is 14.0 Å². The normalized spacial score (nSPS) is 12.9. The van der Waals surface area contributed by atoms with Gasteiger partial charge < -0.3 is 9.47 Å². The average Bonchev–Trinajstić information content (AvgIpc) is 3.24. The Morgan fingerprint density at radius 2 is 1.54 bits per heavy atom. The molecule has 0 amide bonds. The fraction of sp³-hybridized carbons (Fsp3) is 0.211. The molecule has 0 unspecified atom stereocenters. The van der Waals surface area contributed by atoms with Crippen LogP contribution in [0.25, 0.3) is 16.9 Å². The van der Waals surface area contributed by atoms with Crippen molar-refractivity contribution < 1.29 is 14.0 Å². The van der Waals surface area contributed by atoms with E-state index in [4.69, 9.17) is 9.47 Å². The number of hydrogen-bond donors (Lipinski definition) is 0. The molecule has 2 heterocycles. The Kier molecular flexibility index (Phi) is 3.94. The van der Waals surface area contributed by atoms with E-state index in [1.165, 1.54) is 16.4 Å². The average molecular weight is 339 g/mol. The van der Waals surface area contributed by atoms with Crippen LogP contribution >= 0.6 is 11.8 Å². The maximum atomic E-state index is 5.27. The number of methoxy groups -OCH3 is 2. The van der Waals surface area contributed by atoms with Gasteiger partial charge in [-0.2, -0.15) is 4.57 Å². The van der Waals surface area contributed by atoms with E-state index in [0.717, 1.165) is 29.5 Å². The van der Waals surface area contributed by atoms with Crippen LogP contribution in [0.3, 0.4) is 0 Å². The van der Waals surface area contributed by atoms with Crippen LogP contribution in [0.4, 0.5) is 0 Å². The molecule has 0 aliphatic carbocycles. The summed E-state index contributed by atoms with van der Waals surface area (Å²) in [5, 5.41) is 1.27. The number of benzene rings is 2. The van der Waals surface area contributed by atoms with E-state index in [1.807, 2.05) is 36.0 Å². The summed E-state index contributed by atoms with van der Waals surface area (Å²) >= 11 is 1.89. The Hall–Kier alpha value is -2.40. The van der Waals surface area contributed by atoms with E-state index in [2.05, 4.69) is 39.6 Å². The molecule has 24 heavy (non-hydrogen) atoms. The van der Waals surface area contributed by atoms with E-state index in [1.54, 1.807) is 14.2 Å². The van der Waals surface area contributed by atoms with Crippen molar-refractivity contribution in [2.24, 2.45) is 0 Å². The maximum absolute atomic E-state index is 5.27. The van der Waals surface area contributed by atoms with Crippen molar-refractivity contribution in [3.05, 3.63) is 54.7 Å². The zero-order valence-electron chi connectivity index (χ0n) is 13.7. The molecule has 0 atom stereocenters. The molecule has 1 aromatic heterocycles. The van der Waals surface area contributed by atoms with Gasteiger partial charge in [0.05, 0.1) is 14.2 Å². The second-order valence-corrected chi connectivity index (χ2v) is 6.66. The number of ether oxygens (including phenoxy) is 2. The molecule has 4 rings (SSSR count). The van der Waals surface area contributed by atoms with Crippen molar-refractivity contribution in [2.45, 2.75) is 11.7 Å². The zero-order valence-corrected chi connectivity index (χ0v) is 14.5. The number of hydrogen-bond acceptors (Lipinski definition) is 3. The molecule has 0 radical (unpaired) electrons. The van der Waals surface area contributed by atoms with Gasteiger partial charge in [0.25, 0.3) is 0 Å². The molecule has 5 heteroatoms. The highest BCUT2D eigenvalue weighted by atomic mass is 32.2. The highest BCUT2D eigenvalue weighted by Gasteiger charge is 2.30. The summed E-state index contributed by atoms with van der Waals surface area (Å²) in [6.45, 7) is 1.03. The minimum atomic E-state index is 0.873. The highest BCUT2D eigenvalue weighted by molar-refractivity contribution is 7.99. The summed E-state index contributed by atoms with van der Waals surface area (Å²) in [6.07, 6.45) is 2.21. The van der Waals surface area contributed by atoms with Gasteiger partial charge in [0.15, 0.2) is 5.69 Å². The summed E-state index contributed by atoms with van der Waals surface area (Å²) in [4.78, 5) is 0. The Bertz CT molecular complexity index is 784. The van der Waals surface area contributed by atoms with E-state index in [0.29, 0.717) is 0 Å². The van der Waals surface area contributed by atoms with E-state index < -0.39 is 0 Å². The number of aromatic nitrogens is 2. The zero-order chi connectivity index (χ0) is 16.5. The van der Waals surface area contributed by atoms with Gasteiger partial charge >= 0.3 is 5.16 Å². The van der Waals surface area contributed by atoms with Crippen LogP contribution in [0.2, 0.25) is 0 Å². The summed E-state index contributed by atoms with van der Waals surface area (Å²) in [6, 6.07) is 16.4. The first kappa shape index (κ1) is 15.1. The van der Waals surface area contributed by atoms with Gasteiger partial charge in [-0.25, -0.2) is 4.57 Å². The third kappa shape index (κ3) is 2.55. The number of thioether (sulfide) groups is 1. The first-order valence-electron chi connectivity index (χ1n) is 7.87. The predicted molar refractivity (Wildman–Crippen MR) is 95.2 cm³/mol. The predicted octanol–water partition coefficient (Wildman–Crippen LogP) is 3.55. The molecule has 3 aromatic rings. The van der Waals surface area contributed by atoms with Gasteiger partial charge in [-0.1, -0.05) is 0 Å². The van der Waals surface area contributed by atoms with Gasteiger partial charge in [0.1, 0.15) is 29.9 Å². The van der Waals surface area contributed by atoms with Crippen LogP contribution in [0.15, 0.2) is 59.9 Å². The van der Waals surface area contributed by atoms with Crippen LogP contribution in [0, 0.1) is 0 Å². The van der Waals surface area contributed by atoms with Crippen LogP contribution in [-0.4, -0.2) is 24.5 Å². The van der Waals surface area contributed by atoms with E-state index in [9.17, 15) is 0 Å². The first-order chi connectivity index (χ1) is 11.8. The fourth-order valence-electron chi connectivity index (χ4n) is 2.99. The second-order valence-electron chi connectivity index (χ2n) is 5.59. The van der Waals surface area contributed by atoms with Crippen LogP contribution in [0.1, 0.15) is 0 Å². The molecule has 0 fully saturated rings. The summed E-state index contributed by atoms with van der Waals surface area (Å²) in [5.74, 6) is 2.86. The summed E-state index contributed by atoms with van der Waals surface area (Å²) in [7, 11) is 3.38. The van der Waals surface area contributed by atoms with Crippen molar-refractivity contribution in [3.63, 3.8) is 0 Å². The molecule has 0 spiro atoms. The Labute approximate surface area is 145 Å². The van der Waals surface area contributed by atoms with Gasteiger partial charge in [0.2, 0.25) is 0 Å². The Morgan fingerprint density at radius 1 is 0.917 bits per heavy atom. The van der Waals surface area contributed by atoms with Gasteiger partial charge in [-0.15, -0.1) is 0 Å². The summed E-state index contributed by atoms with van der Waals surface area (Å²) in [5.41, 5.74) is 3.58. The number of rotatable bonds is 4. The van der Waals surface area contributed by atoms with Crippen molar-refractivity contribution in [2.75, 3.05) is 20.0 Å². The number of imidazole rings is 1. The highest BCUT2D eigenvalue weighted by Crippen LogP contribution is 2.30. The van der Waals surface area contributed by atoms with Crippen molar-refractivity contribution in [3.8, 4) is 28.4 Å². The largest absolute Gasteiger partial charge is 0.497 e. The maximum Gasteiger partial charge on any atom is 0.323 e. The van der Waals surface area contributed by atoms with E-state index >= 15 is 0 Å². The second kappa shape index (κ2) is 6.24. The Morgan fingerprint density at radius 3 is 2.17 bits per heavy atom. The minimum absolute atomic E-state index is 0.873. The lowest BCUT2D eigenvalue weighted by molar-refractivity contribution is -0.713. The topological polar surface area (TPSA) is 27.3 Å². The smallest absolute Gasteiger partial charge is 0.323 e. The van der Waals surface area contributed by atoms with E-state index in [-0.39, 0.29) is 0 Å². The molecule has 1 aliphatic rings. The molecule has 0 N–H and O–H groups in total. The summed E-state index contributed by atoms with van der Waals surface area (Å²) < 4.78 is 15.2. The van der Waals surface area contributed by atoms with Crippen molar-refractivity contribution >= 4 is 11.8 Å². The van der Waals surface area contributed by atoms with Gasteiger partial charge in [-0.3, -0.25) is 0 Å².